The number of nitrogens with one attached hydrogen (secondary N) is 1. The molecular weight excluding hydrogens is 242 g/mol. The van der Waals surface area contributed by atoms with Crippen LogP contribution >= 0.6 is 0 Å². The van der Waals surface area contributed by atoms with E-state index in [2.05, 4.69) is 12.2 Å². The van der Waals surface area contributed by atoms with Gasteiger partial charge in [-0.15, -0.1) is 0 Å². The van der Waals surface area contributed by atoms with E-state index in [4.69, 9.17) is 5.11 Å². The summed E-state index contributed by atoms with van der Waals surface area (Å²) in [5, 5.41) is 11.8. The second-order valence-electron chi connectivity index (χ2n) is 6.13. The molecule has 1 saturated carbocycles. The summed E-state index contributed by atoms with van der Waals surface area (Å²) in [6.45, 7) is 6.22. The molecule has 110 valence electrons. The lowest BCUT2D eigenvalue weighted by Gasteiger charge is -2.27. The van der Waals surface area contributed by atoms with E-state index in [-0.39, 0.29) is 5.91 Å². The van der Waals surface area contributed by atoms with Gasteiger partial charge in [0.2, 0.25) is 5.91 Å². The van der Waals surface area contributed by atoms with Crippen molar-refractivity contribution in [1.29, 1.82) is 0 Å². The van der Waals surface area contributed by atoms with E-state index in [1.165, 1.54) is 25.7 Å². The molecule has 1 aliphatic carbocycles. The number of rotatable bonds is 6. The van der Waals surface area contributed by atoms with Gasteiger partial charge >= 0.3 is 5.97 Å². The van der Waals surface area contributed by atoms with Crippen LogP contribution in [0.1, 0.15) is 52.9 Å². The predicted octanol–water partition coefficient (Wildman–Crippen LogP) is 2.68. The Balaban J connectivity index is 2.24. The second-order valence-corrected chi connectivity index (χ2v) is 6.13. The van der Waals surface area contributed by atoms with Gasteiger partial charge in [0, 0.05) is 12.5 Å². The molecule has 1 fully saturated rings. The van der Waals surface area contributed by atoms with Crippen molar-refractivity contribution in [2.75, 3.05) is 6.54 Å². The summed E-state index contributed by atoms with van der Waals surface area (Å²) in [5.41, 5.74) is 0. The lowest BCUT2D eigenvalue weighted by molar-refractivity contribution is -0.146. The average molecular weight is 269 g/mol. The Hall–Kier alpha value is -1.06. The molecule has 0 aromatic carbocycles. The number of carboxylic acid groups (broad SMARTS) is 1. The fourth-order valence-corrected chi connectivity index (χ4v) is 2.82. The number of carboxylic acids is 1. The average Bonchev–Trinajstić information content (AvgIpc) is 2.36. The molecule has 0 aromatic rings. The smallest absolute Gasteiger partial charge is 0.307 e. The predicted molar refractivity (Wildman–Crippen MR) is 74.7 cm³/mol. The molecule has 4 nitrogen and oxygen atoms in total. The summed E-state index contributed by atoms with van der Waals surface area (Å²) in [6, 6.07) is 0. The van der Waals surface area contributed by atoms with Crippen LogP contribution in [0.4, 0.5) is 0 Å². The molecule has 1 amide bonds. The first kappa shape index (κ1) is 16.0. The molecular formula is C15H27NO3. The molecule has 1 aliphatic rings. The van der Waals surface area contributed by atoms with Crippen LogP contribution in [0, 0.1) is 23.7 Å². The maximum atomic E-state index is 11.8. The molecule has 0 aliphatic heterocycles. The van der Waals surface area contributed by atoms with Crippen molar-refractivity contribution in [1.82, 2.24) is 5.32 Å². The summed E-state index contributed by atoms with van der Waals surface area (Å²) in [4.78, 5) is 22.6. The third kappa shape index (κ3) is 5.21. The molecule has 2 N–H and O–H groups in total. The van der Waals surface area contributed by atoms with Crippen LogP contribution in [0.5, 0.6) is 0 Å². The first-order valence-corrected chi connectivity index (χ1v) is 7.42. The topological polar surface area (TPSA) is 66.4 Å². The zero-order valence-corrected chi connectivity index (χ0v) is 12.3. The molecule has 4 unspecified atom stereocenters. The molecule has 0 saturated heterocycles. The summed E-state index contributed by atoms with van der Waals surface area (Å²) in [5.74, 6) is -0.628. The number of carbonyl (C=O) groups excluding carboxylic acids is 1. The van der Waals surface area contributed by atoms with Crippen LogP contribution in [0.2, 0.25) is 0 Å². The molecule has 0 bridgehead atoms. The lowest BCUT2D eigenvalue weighted by atomic mass is 9.81. The van der Waals surface area contributed by atoms with Gasteiger partial charge in [0.25, 0.3) is 0 Å². The Morgan fingerprint density at radius 2 is 1.95 bits per heavy atom. The monoisotopic (exact) mass is 269 g/mol. The van der Waals surface area contributed by atoms with E-state index in [1.54, 1.807) is 13.8 Å². The third-order valence-electron chi connectivity index (χ3n) is 4.45. The number of hydrogen-bond donors (Lipinski definition) is 2. The molecule has 0 heterocycles. The van der Waals surface area contributed by atoms with Gasteiger partial charge in [-0.05, 0) is 24.7 Å². The number of carbonyl (C=O) groups is 2. The molecule has 0 radical (unpaired) electrons. The maximum absolute atomic E-state index is 11.8. The van der Waals surface area contributed by atoms with Crippen LogP contribution in [0.3, 0.4) is 0 Å². The van der Waals surface area contributed by atoms with E-state index in [0.29, 0.717) is 6.54 Å². The van der Waals surface area contributed by atoms with Crippen LogP contribution in [-0.4, -0.2) is 23.5 Å². The summed E-state index contributed by atoms with van der Waals surface area (Å²) in [7, 11) is 0. The minimum atomic E-state index is -0.913. The lowest BCUT2D eigenvalue weighted by Crippen LogP contribution is -2.36. The minimum absolute atomic E-state index is 0.140. The molecule has 4 heteroatoms. The van der Waals surface area contributed by atoms with Crippen molar-refractivity contribution < 1.29 is 14.7 Å². The highest BCUT2D eigenvalue weighted by atomic mass is 16.4. The number of aliphatic carboxylic acids is 1. The first-order valence-electron chi connectivity index (χ1n) is 7.42. The third-order valence-corrected chi connectivity index (χ3v) is 4.45. The van der Waals surface area contributed by atoms with Crippen LogP contribution in [0.15, 0.2) is 0 Å². The highest BCUT2D eigenvalue weighted by Crippen LogP contribution is 2.30. The van der Waals surface area contributed by atoms with Gasteiger partial charge in [0.15, 0.2) is 0 Å². The van der Waals surface area contributed by atoms with E-state index in [1.807, 2.05) is 0 Å². The zero-order valence-electron chi connectivity index (χ0n) is 12.3. The Morgan fingerprint density at radius 1 is 1.26 bits per heavy atom. The fraction of sp³-hybridized carbons (Fsp3) is 0.867. The van der Waals surface area contributed by atoms with Gasteiger partial charge in [-0.25, -0.2) is 0 Å². The summed E-state index contributed by atoms with van der Waals surface area (Å²) < 4.78 is 0. The highest BCUT2D eigenvalue weighted by molar-refractivity contribution is 5.84. The van der Waals surface area contributed by atoms with Gasteiger partial charge in [-0.2, -0.15) is 0 Å². The van der Waals surface area contributed by atoms with Crippen LogP contribution in [0.25, 0.3) is 0 Å². The molecule has 19 heavy (non-hydrogen) atoms. The van der Waals surface area contributed by atoms with Crippen LogP contribution in [-0.2, 0) is 9.59 Å². The second kappa shape index (κ2) is 7.51. The van der Waals surface area contributed by atoms with Gasteiger partial charge in [0.05, 0.1) is 5.92 Å². The van der Waals surface area contributed by atoms with Gasteiger partial charge in [-0.1, -0.05) is 40.0 Å². The van der Waals surface area contributed by atoms with Crippen LogP contribution < -0.4 is 5.32 Å². The highest BCUT2D eigenvalue weighted by Gasteiger charge is 2.25. The molecule has 0 aromatic heterocycles. The summed E-state index contributed by atoms with van der Waals surface area (Å²) >= 11 is 0. The minimum Gasteiger partial charge on any atom is -0.481 e. The molecule has 0 spiro atoms. The quantitative estimate of drug-likeness (QED) is 0.779. The SMILES string of the molecule is CC1CCCC(CCNC(=O)C(C)C(C)C(=O)O)C1. The van der Waals surface area contributed by atoms with Gasteiger partial charge in [-0.3, -0.25) is 9.59 Å². The summed E-state index contributed by atoms with van der Waals surface area (Å²) in [6.07, 6.45) is 6.17. The molecule has 4 atom stereocenters. The zero-order chi connectivity index (χ0) is 14.4. The Kier molecular flexibility index (Phi) is 6.32. The fourth-order valence-electron chi connectivity index (χ4n) is 2.82. The first-order chi connectivity index (χ1) is 8.91. The Labute approximate surface area is 116 Å². The Morgan fingerprint density at radius 3 is 2.53 bits per heavy atom. The van der Waals surface area contributed by atoms with Crippen molar-refractivity contribution >= 4 is 11.9 Å². The van der Waals surface area contributed by atoms with E-state index >= 15 is 0 Å². The number of hydrogen-bond acceptors (Lipinski definition) is 2. The normalized spacial score (nSPS) is 26.5. The van der Waals surface area contributed by atoms with Gasteiger partial charge in [0.1, 0.15) is 0 Å². The maximum Gasteiger partial charge on any atom is 0.307 e. The van der Waals surface area contributed by atoms with E-state index in [0.717, 1.165) is 18.3 Å². The Bertz CT molecular complexity index is 317. The van der Waals surface area contributed by atoms with E-state index < -0.39 is 17.8 Å². The van der Waals surface area contributed by atoms with Crippen molar-refractivity contribution in [3.63, 3.8) is 0 Å². The van der Waals surface area contributed by atoms with Crippen molar-refractivity contribution in [3.05, 3.63) is 0 Å². The van der Waals surface area contributed by atoms with Crippen molar-refractivity contribution in [2.45, 2.75) is 52.9 Å². The van der Waals surface area contributed by atoms with Crippen molar-refractivity contribution in [3.8, 4) is 0 Å². The molecule has 1 rings (SSSR count). The van der Waals surface area contributed by atoms with Gasteiger partial charge < -0.3 is 10.4 Å². The van der Waals surface area contributed by atoms with Crippen molar-refractivity contribution in [2.24, 2.45) is 23.7 Å². The van der Waals surface area contributed by atoms with E-state index in [9.17, 15) is 9.59 Å². The largest absolute Gasteiger partial charge is 0.481 e. The number of amides is 1. The standard InChI is InChI=1S/C15H27NO3/c1-10-5-4-6-13(9-10)7-8-16-14(17)11(2)12(3)15(18)19/h10-13H,4-9H2,1-3H3,(H,16,17)(H,18,19).